The number of aryl methyl sites for hydroxylation is 1. The zero-order chi connectivity index (χ0) is 19.8. The quantitative estimate of drug-likeness (QED) is 0.621. The second-order valence-electron chi connectivity index (χ2n) is 5.69. The van der Waals surface area contributed by atoms with Gasteiger partial charge in [-0.15, -0.1) is 0 Å². The van der Waals surface area contributed by atoms with Gasteiger partial charge >= 0.3 is 6.18 Å². The molecule has 4 nitrogen and oxygen atoms in total. The van der Waals surface area contributed by atoms with Crippen molar-refractivity contribution in [3.63, 3.8) is 0 Å². The summed E-state index contributed by atoms with van der Waals surface area (Å²) >= 11 is 5.93. The van der Waals surface area contributed by atoms with Gasteiger partial charge in [0.1, 0.15) is 5.82 Å². The monoisotopic (exact) mass is 397 g/mol. The lowest BCUT2D eigenvalue weighted by atomic mass is 10.0. The number of halogens is 5. The van der Waals surface area contributed by atoms with Crippen LogP contribution in [-0.4, -0.2) is 15.7 Å². The zero-order valence-electron chi connectivity index (χ0n) is 13.8. The number of hydrogen-bond donors (Lipinski definition) is 1. The van der Waals surface area contributed by atoms with Crippen LogP contribution in [0.25, 0.3) is 11.1 Å². The van der Waals surface area contributed by atoms with E-state index in [-0.39, 0.29) is 27.4 Å². The van der Waals surface area contributed by atoms with Crippen LogP contribution < -0.4 is 5.32 Å². The Hall–Kier alpha value is -2.87. The van der Waals surface area contributed by atoms with Crippen molar-refractivity contribution in [1.82, 2.24) is 9.78 Å². The van der Waals surface area contributed by atoms with E-state index in [4.69, 9.17) is 11.6 Å². The van der Waals surface area contributed by atoms with Crippen LogP contribution in [0.15, 0.2) is 48.7 Å². The average Bonchev–Trinajstić information content (AvgIpc) is 2.97. The van der Waals surface area contributed by atoms with E-state index in [1.165, 1.54) is 25.2 Å². The van der Waals surface area contributed by atoms with Gasteiger partial charge in [-0.25, -0.2) is 4.39 Å². The van der Waals surface area contributed by atoms with Gasteiger partial charge in [0.15, 0.2) is 5.69 Å². The van der Waals surface area contributed by atoms with Crippen molar-refractivity contribution in [2.24, 2.45) is 7.05 Å². The number of anilines is 1. The van der Waals surface area contributed by atoms with Gasteiger partial charge in [-0.05, 0) is 30.3 Å². The molecule has 2 aromatic carbocycles. The summed E-state index contributed by atoms with van der Waals surface area (Å²) in [4.78, 5) is 12.2. The largest absolute Gasteiger partial charge is 0.435 e. The summed E-state index contributed by atoms with van der Waals surface area (Å²) < 4.78 is 54.7. The highest BCUT2D eigenvalue weighted by molar-refractivity contribution is 6.34. The highest BCUT2D eigenvalue weighted by Crippen LogP contribution is 2.37. The Labute approximate surface area is 156 Å². The number of rotatable bonds is 3. The third-order valence-electron chi connectivity index (χ3n) is 3.73. The van der Waals surface area contributed by atoms with Crippen molar-refractivity contribution in [2.75, 3.05) is 5.32 Å². The fourth-order valence-corrected chi connectivity index (χ4v) is 2.77. The van der Waals surface area contributed by atoms with Crippen molar-refractivity contribution < 1.29 is 22.4 Å². The lowest BCUT2D eigenvalue weighted by Crippen LogP contribution is -2.12. The van der Waals surface area contributed by atoms with Crippen molar-refractivity contribution in [2.45, 2.75) is 6.18 Å². The predicted molar refractivity (Wildman–Crippen MR) is 93.0 cm³/mol. The summed E-state index contributed by atoms with van der Waals surface area (Å²) in [5.41, 5.74) is -1.57. The molecule has 0 saturated heterocycles. The molecular formula is C18H12ClF4N3O. The molecule has 0 aliphatic carbocycles. The maximum atomic E-state index is 14.5. The van der Waals surface area contributed by atoms with Gasteiger partial charge in [0.25, 0.3) is 5.91 Å². The second kappa shape index (κ2) is 7.03. The second-order valence-corrected chi connectivity index (χ2v) is 6.10. The highest BCUT2D eigenvalue weighted by Gasteiger charge is 2.37. The first-order chi connectivity index (χ1) is 12.7. The minimum absolute atomic E-state index is 0.0821. The minimum atomic E-state index is -4.72. The summed E-state index contributed by atoms with van der Waals surface area (Å²) in [6.45, 7) is 0. The Morgan fingerprint density at radius 3 is 2.48 bits per heavy atom. The van der Waals surface area contributed by atoms with Gasteiger partial charge in [0.05, 0.1) is 10.6 Å². The van der Waals surface area contributed by atoms with E-state index < -0.39 is 23.6 Å². The Balaban J connectivity index is 1.92. The SMILES string of the molecule is Cn1cc(-c2ccc(NC(=O)c3ccccc3Cl)cc2F)c(C(F)(F)F)n1. The van der Waals surface area contributed by atoms with Crippen molar-refractivity contribution in [3.05, 3.63) is 70.8 Å². The number of aromatic nitrogens is 2. The Morgan fingerprint density at radius 1 is 1.15 bits per heavy atom. The molecule has 0 aliphatic rings. The van der Waals surface area contributed by atoms with E-state index in [0.29, 0.717) is 0 Å². The number of nitrogens with zero attached hydrogens (tertiary/aromatic N) is 2. The smallest absolute Gasteiger partial charge is 0.322 e. The van der Waals surface area contributed by atoms with Crippen molar-refractivity contribution in [3.8, 4) is 11.1 Å². The lowest BCUT2D eigenvalue weighted by Gasteiger charge is -2.10. The molecule has 1 heterocycles. The number of nitrogens with one attached hydrogen (secondary N) is 1. The van der Waals surface area contributed by atoms with Gasteiger partial charge in [-0.3, -0.25) is 9.48 Å². The van der Waals surface area contributed by atoms with E-state index in [0.717, 1.165) is 23.0 Å². The number of amides is 1. The van der Waals surface area contributed by atoms with E-state index >= 15 is 0 Å². The number of benzene rings is 2. The molecule has 27 heavy (non-hydrogen) atoms. The fourth-order valence-electron chi connectivity index (χ4n) is 2.55. The Kier molecular flexibility index (Phi) is 4.93. The maximum absolute atomic E-state index is 14.5. The summed E-state index contributed by atoms with van der Waals surface area (Å²) in [6.07, 6.45) is -3.64. The van der Waals surface area contributed by atoms with Crippen LogP contribution in [0.2, 0.25) is 5.02 Å². The lowest BCUT2D eigenvalue weighted by molar-refractivity contribution is -0.141. The van der Waals surface area contributed by atoms with Crippen molar-refractivity contribution in [1.29, 1.82) is 0 Å². The summed E-state index contributed by atoms with van der Waals surface area (Å²) in [5, 5.41) is 6.04. The van der Waals surface area contributed by atoms with Crippen LogP contribution in [0.1, 0.15) is 16.1 Å². The molecule has 1 aromatic heterocycles. The summed E-state index contributed by atoms with van der Waals surface area (Å²) in [6, 6.07) is 9.70. The standard InChI is InChI=1S/C18H12ClF4N3O/c1-26-9-13(16(25-26)18(21,22)23)11-7-6-10(8-15(11)20)24-17(27)12-4-2-3-5-14(12)19/h2-9H,1H3,(H,24,27). The Morgan fingerprint density at radius 2 is 1.85 bits per heavy atom. The number of carbonyl (C=O) groups is 1. The van der Waals surface area contributed by atoms with Gasteiger partial charge < -0.3 is 5.32 Å². The molecule has 140 valence electrons. The molecule has 0 fully saturated rings. The van der Waals surface area contributed by atoms with Gasteiger partial charge in [0, 0.05) is 30.1 Å². The molecule has 0 atom stereocenters. The molecule has 3 aromatic rings. The van der Waals surface area contributed by atoms with E-state index in [2.05, 4.69) is 10.4 Å². The first-order valence-corrected chi connectivity index (χ1v) is 8.01. The zero-order valence-corrected chi connectivity index (χ0v) is 14.6. The van der Waals surface area contributed by atoms with E-state index in [1.54, 1.807) is 12.1 Å². The van der Waals surface area contributed by atoms with E-state index in [1.807, 2.05) is 0 Å². The van der Waals surface area contributed by atoms with Crippen LogP contribution in [0.5, 0.6) is 0 Å². The highest BCUT2D eigenvalue weighted by atomic mass is 35.5. The third kappa shape index (κ3) is 3.95. The summed E-state index contributed by atoms with van der Waals surface area (Å²) in [5.74, 6) is -1.49. The topological polar surface area (TPSA) is 46.9 Å². The first-order valence-electron chi connectivity index (χ1n) is 7.63. The van der Waals surface area contributed by atoms with Gasteiger partial charge in [-0.2, -0.15) is 18.3 Å². The molecule has 1 amide bonds. The summed E-state index contributed by atoms with van der Waals surface area (Å²) in [7, 11) is 1.31. The third-order valence-corrected chi connectivity index (χ3v) is 4.06. The fraction of sp³-hybridized carbons (Fsp3) is 0.111. The van der Waals surface area contributed by atoms with Gasteiger partial charge in [0.2, 0.25) is 0 Å². The molecule has 0 bridgehead atoms. The number of carbonyl (C=O) groups excluding carboxylic acids is 1. The molecule has 9 heteroatoms. The van der Waals surface area contributed by atoms with Crippen LogP contribution >= 0.6 is 11.6 Å². The number of hydrogen-bond acceptors (Lipinski definition) is 2. The van der Waals surface area contributed by atoms with Crippen molar-refractivity contribution >= 4 is 23.2 Å². The van der Waals surface area contributed by atoms with Crippen LogP contribution in [0.4, 0.5) is 23.2 Å². The molecular weight excluding hydrogens is 386 g/mol. The molecule has 0 saturated carbocycles. The van der Waals surface area contributed by atoms with Crippen LogP contribution in [-0.2, 0) is 13.2 Å². The van der Waals surface area contributed by atoms with Gasteiger partial charge in [-0.1, -0.05) is 23.7 Å². The molecule has 1 N–H and O–H groups in total. The molecule has 0 spiro atoms. The molecule has 0 radical (unpaired) electrons. The Bertz CT molecular complexity index is 1010. The molecule has 0 unspecified atom stereocenters. The number of alkyl halides is 3. The van der Waals surface area contributed by atoms with Crippen LogP contribution in [0, 0.1) is 5.82 Å². The molecule has 3 rings (SSSR count). The maximum Gasteiger partial charge on any atom is 0.435 e. The first kappa shape index (κ1) is 18.9. The average molecular weight is 398 g/mol. The minimum Gasteiger partial charge on any atom is -0.322 e. The van der Waals surface area contributed by atoms with Crippen LogP contribution in [0.3, 0.4) is 0 Å². The van der Waals surface area contributed by atoms with E-state index in [9.17, 15) is 22.4 Å². The normalized spacial score (nSPS) is 11.5. The molecule has 0 aliphatic heterocycles. The predicted octanol–water partition coefficient (Wildman–Crippen LogP) is 5.15.